The van der Waals surface area contributed by atoms with Crippen LogP contribution in [0.5, 0.6) is 0 Å². The number of aromatic nitrogens is 1. The minimum atomic E-state index is -0.202. The van der Waals surface area contributed by atoms with E-state index in [9.17, 15) is 4.79 Å². The highest BCUT2D eigenvalue weighted by molar-refractivity contribution is 9.10. The Hall–Kier alpha value is -1.98. The van der Waals surface area contributed by atoms with Gasteiger partial charge in [-0.1, -0.05) is 46.3 Å². The molecule has 0 saturated heterocycles. The fourth-order valence-corrected chi connectivity index (χ4v) is 3.89. The number of rotatable bonds is 2. The van der Waals surface area contributed by atoms with Gasteiger partial charge in [0.2, 0.25) is 0 Å². The lowest BCUT2D eigenvalue weighted by Gasteiger charge is -2.05. The normalized spacial score (nSPS) is 11.8. The molecule has 0 atom stereocenters. The van der Waals surface area contributed by atoms with E-state index in [1.165, 1.54) is 11.3 Å². The number of amides is 1. The molecule has 0 bridgehead atoms. The highest BCUT2D eigenvalue weighted by atomic mass is 79.9. The number of hydrogen-bond acceptors (Lipinski definition) is 2. The summed E-state index contributed by atoms with van der Waals surface area (Å²) in [6, 6.07) is 15.7. The monoisotopic (exact) mass is 400 g/mol. The Bertz CT molecular complexity index is 968. The molecule has 0 N–H and O–H groups in total. The predicted octanol–water partition coefficient (Wildman–Crippen LogP) is 4.87. The van der Waals surface area contributed by atoms with Crippen LogP contribution in [0.3, 0.4) is 0 Å². The average molecular weight is 401 g/mol. The Morgan fingerprint density at radius 3 is 2.42 bits per heavy atom. The number of benzene rings is 2. The van der Waals surface area contributed by atoms with Crippen LogP contribution in [0.1, 0.15) is 20.8 Å². The molecule has 3 nitrogen and oxygen atoms in total. The number of carbonyl (C=O) groups is 1. The molecule has 5 heteroatoms. The van der Waals surface area contributed by atoms with E-state index in [1.807, 2.05) is 54.9 Å². The van der Waals surface area contributed by atoms with Crippen LogP contribution in [0.25, 0.3) is 11.3 Å². The molecule has 0 aliphatic heterocycles. The zero-order chi connectivity index (χ0) is 17.3. The highest BCUT2D eigenvalue weighted by Gasteiger charge is 2.12. The Balaban J connectivity index is 2.07. The number of nitrogens with zero attached hydrogens (tertiary/aromatic N) is 2. The van der Waals surface area contributed by atoms with Crippen LogP contribution in [0.2, 0.25) is 0 Å². The standard InChI is InChI=1S/C19H17BrN2OS/c1-12-6-4-5-7-16(12)18(23)21-19-22(3)17(13(2)24-19)14-8-10-15(20)11-9-14/h4-11H,1-3H3. The molecule has 3 aromatic rings. The summed E-state index contributed by atoms with van der Waals surface area (Å²) in [6.45, 7) is 3.98. The van der Waals surface area contributed by atoms with E-state index >= 15 is 0 Å². The zero-order valence-corrected chi connectivity index (χ0v) is 16.1. The second kappa shape index (κ2) is 6.87. The summed E-state index contributed by atoms with van der Waals surface area (Å²) in [5.41, 5.74) is 3.78. The molecule has 0 aliphatic rings. The third kappa shape index (κ3) is 3.28. The summed E-state index contributed by atoms with van der Waals surface area (Å²) < 4.78 is 3.03. The summed E-state index contributed by atoms with van der Waals surface area (Å²) >= 11 is 4.99. The van der Waals surface area contributed by atoms with Crippen molar-refractivity contribution in [1.82, 2.24) is 4.57 Å². The van der Waals surface area contributed by atoms with Crippen LogP contribution < -0.4 is 4.80 Å². The van der Waals surface area contributed by atoms with Crippen molar-refractivity contribution in [2.24, 2.45) is 12.0 Å². The summed E-state index contributed by atoms with van der Waals surface area (Å²) in [5, 5.41) is 0. The lowest BCUT2D eigenvalue weighted by molar-refractivity contribution is 0.0997. The van der Waals surface area contributed by atoms with Crippen molar-refractivity contribution < 1.29 is 4.79 Å². The van der Waals surface area contributed by atoms with E-state index < -0.39 is 0 Å². The van der Waals surface area contributed by atoms with Gasteiger partial charge in [0.15, 0.2) is 4.80 Å². The molecular weight excluding hydrogens is 384 g/mol. The number of hydrogen-bond donors (Lipinski definition) is 0. The number of halogens is 1. The van der Waals surface area contributed by atoms with Crippen molar-refractivity contribution in [2.75, 3.05) is 0 Å². The summed E-state index contributed by atoms with van der Waals surface area (Å²) in [4.78, 5) is 18.7. The van der Waals surface area contributed by atoms with Gasteiger partial charge in [0.05, 0.1) is 5.69 Å². The Labute approximate surface area is 153 Å². The molecule has 3 rings (SSSR count). The quantitative estimate of drug-likeness (QED) is 0.603. The molecule has 0 spiro atoms. The van der Waals surface area contributed by atoms with E-state index in [-0.39, 0.29) is 5.91 Å². The van der Waals surface area contributed by atoms with Gasteiger partial charge < -0.3 is 4.57 Å². The van der Waals surface area contributed by atoms with Gasteiger partial charge >= 0.3 is 0 Å². The molecule has 1 heterocycles. The Morgan fingerprint density at radius 2 is 1.75 bits per heavy atom. The summed E-state index contributed by atoms with van der Waals surface area (Å²) in [6.07, 6.45) is 0. The van der Waals surface area contributed by atoms with Crippen LogP contribution in [0.15, 0.2) is 58.0 Å². The minimum Gasteiger partial charge on any atom is -0.319 e. The SMILES string of the molecule is Cc1ccccc1C(=O)N=c1sc(C)c(-c2ccc(Br)cc2)n1C. The molecule has 0 saturated carbocycles. The predicted molar refractivity (Wildman–Crippen MR) is 102 cm³/mol. The third-order valence-corrected chi connectivity index (χ3v) is 5.47. The maximum atomic E-state index is 12.5. The van der Waals surface area contributed by atoms with Crippen LogP contribution >= 0.6 is 27.3 Å². The van der Waals surface area contributed by atoms with Crippen molar-refractivity contribution in [2.45, 2.75) is 13.8 Å². The van der Waals surface area contributed by atoms with Crippen molar-refractivity contribution in [3.8, 4) is 11.3 Å². The minimum absolute atomic E-state index is 0.202. The second-order valence-electron chi connectivity index (χ2n) is 5.59. The van der Waals surface area contributed by atoms with E-state index in [0.717, 1.165) is 26.2 Å². The summed E-state index contributed by atoms with van der Waals surface area (Å²) in [5.74, 6) is -0.202. The van der Waals surface area contributed by atoms with Gasteiger partial charge in [-0.3, -0.25) is 4.79 Å². The van der Waals surface area contributed by atoms with Crippen LogP contribution in [-0.2, 0) is 7.05 Å². The fraction of sp³-hybridized carbons (Fsp3) is 0.158. The van der Waals surface area contributed by atoms with Gasteiger partial charge in [0, 0.05) is 22.0 Å². The first-order valence-corrected chi connectivity index (χ1v) is 9.15. The van der Waals surface area contributed by atoms with Gasteiger partial charge in [-0.15, -0.1) is 11.3 Å². The molecule has 24 heavy (non-hydrogen) atoms. The molecule has 0 unspecified atom stereocenters. The molecular formula is C19H17BrN2OS. The molecule has 0 aliphatic carbocycles. The third-order valence-electron chi connectivity index (χ3n) is 3.89. The maximum Gasteiger partial charge on any atom is 0.279 e. The number of thiazole rings is 1. The first-order valence-electron chi connectivity index (χ1n) is 7.54. The topological polar surface area (TPSA) is 34.4 Å². The highest BCUT2D eigenvalue weighted by Crippen LogP contribution is 2.26. The Morgan fingerprint density at radius 1 is 1.08 bits per heavy atom. The van der Waals surface area contributed by atoms with Crippen LogP contribution in [0.4, 0.5) is 0 Å². The van der Waals surface area contributed by atoms with E-state index in [2.05, 4.69) is 40.0 Å². The largest absolute Gasteiger partial charge is 0.319 e. The van der Waals surface area contributed by atoms with Gasteiger partial charge in [-0.25, -0.2) is 0 Å². The molecule has 2 aromatic carbocycles. The van der Waals surface area contributed by atoms with E-state index in [1.54, 1.807) is 0 Å². The van der Waals surface area contributed by atoms with Crippen molar-refractivity contribution >= 4 is 33.2 Å². The molecule has 0 fully saturated rings. The second-order valence-corrected chi connectivity index (χ2v) is 7.68. The van der Waals surface area contributed by atoms with Crippen molar-refractivity contribution in [3.63, 3.8) is 0 Å². The van der Waals surface area contributed by atoms with E-state index in [0.29, 0.717) is 10.4 Å². The van der Waals surface area contributed by atoms with Crippen LogP contribution in [0, 0.1) is 13.8 Å². The van der Waals surface area contributed by atoms with Gasteiger partial charge in [0.1, 0.15) is 0 Å². The van der Waals surface area contributed by atoms with E-state index in [4.69, 9.17) is 0 Å². The Kier molecular flexibility index (Phi) is 4.83. The van der Waals surface area contributed by atoms with Gasteiger partial charge in [0.25, 0.3) is 5.91 Å². The van der Waals surface area contributed by atoms with Gasteiger partial charge in [-0.2, -0.15) is 4.99 Å². The molecule has 1 amide bonds. The fourth-order valence-electron chi connectivity index (χ4n) is 2.65. The molecule has 1 aromatic heterocycles. The lowest BCUT2D eigenvalue weighted by Crippen LogP contribution is -2.14. The van der Waals surface area contributed by atoms with Crippen molar-refractivity contribution in [1.29, 1.82) is 0 Å². The first kappa shape index (κ1) is 16.9. The average Bonchev–Trinajstić information content (AvgIpc) is 2.83. The lowest BCUT2D eigenvalue weighted by atomic mass is 10.1. The smallest absolute Gasteiger partial charge is 0.279 e. The summed E-state index contributed by atoms with van der Waals surface area (Å²) in [7, 11) is 1.95. The first-order chi connectivity index (χ1) is 11.5. The maximum absolute atomic E-state index is 12.5. The molecule has 0 radical (unpaired) electrons. The zero-order valence-electron chi connectivity index (χ0n) is 13.7. The van der Waals surface area contributed by atoms with Crippen molar-refractivity contribution in [3.05, 3.63) is 73.8 Å². The van der Waals surface area contributed by atoms with Crippen LogP contribution in [-0.4, -0.2) is 10.5 Å². The number of carbonyl (C=O) groups excluding carboxylic acids is 1. The number of aryl methyl sites for hydroxylation is 2. The molecule has 122 valence electrons. The van der Waals surface area contributed by atoms with Gasteiger partial charge in [-0.05, 0) is 43.2 Å².